The van der Waals surface area contributed by atoms with Crippen LogP contribution in [0.2, 0.25) is 0 Å². The number of nitrogens with zero attached hydrogens (tertiary/aromatic N) is 5. The van der Waals surface area contributed by atoms with Gasteiger partial charge in [0.2, 0.25) is 0 Å². The molecule has 5 rings (SSSR count). The average molecular weight is 416 g/mol. The largest absolute Gasteiger partial charge is 0.347 e. The van der Waals surface area contributed by atoms with Gasteiger partial charge in [0.05, 0.1) is 11.2 Å². The Balaban J connectivity index is 1.36. The van der Waals surface area contributed by atoms with Crippen molar-refractivity contribution in [2.75, 3.05) is 13.1 Å². The lowest BCUT2D eigenvalue weighted by Crippen LogP contribution is -2.38. The Morgan fingerprint density at radius 1 is 1.06 bits per heavy atom. The summed E-state index contributed by atoms with van der Waals surface area (Å²) < 4.78 is 3.40. The van der Waals surface area contributed by atoms with Crippen LogP contribution in [0.3, 0.4) is 0 Å². The van der Waals surface area contributed by atoms with Crippen LogP contribution in [0.5, 0.6) is 0 Å². The fourth-order valence-electron chi connectivity index (χ4n) is 4.39. The number of aromatic amines is 1. The zero-order chi connectivity index (χ0) is 21.5. The number of aromatic nitrogens is 5. The summed E-state index contributed by atoms with van der Waals surface area (Å²) in [7, 11) is 1.85. The molecule has 0 radical (unpaired) electrons. The molecule has 0 aliphatic carbocycles. The summed E-state index contributed by atoms with van der Waals surface area (Å²) in [5.41, 5.74) is 3.14. The van der Waals surface area contributed by atoms with E-state index in [1.165, 1.54) is 0 Å². The van der Waals surface area contributed by atoms with Crippen LogP contribution in [0.15, 0.2) is 53.3 Å². The molecule has 1 aliphatic heterocycles. The summed E-state index contributed by atoms with van der Waals surface area (Å²) in [5, 5.41) is 12.3. The van der Waals surface area contributed by atoms with Gasteiger partial charge >= 0.3 is 5.69 Å². The van der Waals surface area contributed by atoms with Gasteiger partial charge in [-0.2, -0.15) is 10.2 Å². The molecule has 1 amide bonds. The molecular formula is C23H24N6O2. The summed E-state index contributed by atoms with van der Waals surface area (Å²) >= 11 is 0. The molecule has 2 aromatic heterocycles. The van der Waals surface area contributed by atoms with Crippen LogP contribution in [0.25, 0.3) is 16.6 Å². The molecule has 0 bridgehead atoms. The molecule has 4 aromatic rings. The van der Waals surface area contributed by atoms with Crippen molar-refractivity contribution in [3.05, 3.63) is 76.1 Å². The number of amides is 1. The number of benzene rings is 2. The fourth-order valence-corrected chi connectivity index (χ4v) is 4.39. The van der Waals surface area contributed by atoms with Gasteiger partial charge in [-0.1, -0.05) is 35.9 Å². The summed E-state index contributed by atoms with van der Waals surface area (Å²) in [4.78, 5) is 27.4. The Morgan fingerprint density at radius 2 is 1.77 bits per heavy atom. The molecule has 1 aliphatic rings. The van der Waals surface area contributed by atoms with Crippen LogP contribution in [0.1, 0.15) is 40.6 Å². The van der Waals surface area contributed by atoms with E-state index in [-0.39, 0.29) is 17.5 Å². The molecule has 31 heavy (non-hydrogen) atoms. The minimum Gasteiger partial charge on any atom is -0.337 e. The molecule has 1 N–H and O–H groups in total. The highest BCUT2D eigenvalue weighted by atomic mass is 16.2. The van der Waals surface area contributed by atoms with Gasteiger partial charge in [0.15, 0.2) is 5.69 Å². The van der Waals surface area contributed by atoms with Crippen molar-refractivity contribution >= 4 is 16.8 Å². The van der Waals surface area contributed by atoms with Crippen molar-refractivity contribution in [3.63, 3.8) is 0 Å². The molecule has 3 heterocycles. The molecule has 0 spiro atoms. The van der Waals surface area contributed by atoms with Crippen molar-refractivity contribution in [1.29, 1.82) is 0 Å². The predicted octanol–water partition coefficient (Wildman–Crippen LogP) is 2.78. The number of piperidine rings is 1. The maximum absolute atomic E-state index is 13.2. The van der Waals surface area contributed by atoms with Crippen molar-refractivity contribution in [3.8, 4) is 5.69 Å². The summed E-state index contributed by atoms with van der Waals surface area (Å²) in [6, 6.07) is 15.6. The highest BCUT2D eigenvalue weighted by Crippen LogP contribution is 2.29. The second kappa shape index (κ2) is 7.54. The predicted molar refractivity (Wildman–Crippen MR) is 118 cm³/mol. The van der Waals surface area contributed by atoms with Crippen molar-refractivity contribution in [2.45, 2.75) is 25.7 Å². The molecule has 1 fully saturated rings. The van der Waals surface area contributed by atoms with Gasteiger partial charge in [-0.15, -0.1) is 0 Å². The second-order valence-electron chi connectivity index (χ2n) is 8.11. The van der Waals surface area contributed by atoms with Gasteiger partial charge in [0.1, 0.15) is 5.82 Å². The molecule has 0 saturated carbocycles. The summed E-state index contributed by atoms with van der Waals surface area (Å²) in [6.07, 6.45) is 1.49. The SMILES string of the molecule is Cc1ccc(-n2c(C3CCN(C(=O)c4nn(C)c5ccccc45)CC3)n[nH]c2=O)cc1. The molecular weight excluding hydrogens is 392 g/mol. The number of nitrogens with one attached hydrogen (secondary N) is 1. The number of hydrogen-bond acceptors (Lipinski definition) is 4. The first kappa shape index (κ1) is 19.3. The Hall–Kier alpha value is -3.68. The zero-order valence-electron chi connectivity index (χ0n) is 17.6. The number of para-hydroxylation sites is 1. The number of aryl methyl sites for hydroxylation is 2. The lowest BCUT2D eigenvalue weighted by Gasteiger charge is -2.31. The van der Waals surface area contributed by atoms with Crippen LogP contribution < -0.4 is 5.69 Å². The summed E-state index contributed by atoms with van der Waals surface area (Å²) in [5.74, 6) is 0.780. The topological polar surface area (TPSA) is 88.8 Å². The first-order valence-electron chi connectivity index (χ1n) is 10.5. The van der Waals surface area contributed by atoms with Gasteiger partial charge < -0.3 is 4.90 Å². The zero-order valence-corrected chi connectivity index (χ0v) is 17.6. The van der Waals surface area contributed by atoms with E-state index in [0.717, 1.165) is 40.8 Å². The number of rotatable bonds is 3. The molecule has 0 unspecified atom stereocenters. The Bertz CT molecular complexity index is 1310. The van der Waals surface area contributed by atoms with Crippen LogP contribution in [0, 0.1) is 6.92 Å². The van der Waals surface area contributed by atoms with E-state index in [1.807, 2.05) is 67.4 Å². The Morgan fingerprint density at radius 3 is 2.52 bits per heavy atom. The minimum atomic E-state index is -0.239. The van der Waals surface area contributed by atoms with Crippen LogP contribution in [0.4, 0.5) is 0 Å². The number of carbonyl (C=O) groups excluding carboxylic acids is 1. The van der Waals surface area contributed by atoms with Crippen molar-refractivity contribution in [2.24, 2.45) is 7.05 Å². The van der Waals surface area contributed by atoms with E-state index in [9.17, 15) is 9.59 Å². The highest BCUT2D eigenvalue weighted by Gasteiger charge is 2.30. The van der Waals surface area contributed by atoms with Gasteiger partial charge in [0, 0.05) is 31.4 Å². The van der Waals surface area contributed by atoms with E-state index >= 15 is 0 Å². The first-order valence-corrected chi connectivity index (χ1v) is 10.5. The van der Waals surface area contributed by atoms with E-state index in [1.54, 1.807) is 9.25 Å². The number of hydrogen-bond donors (Lipinski definition) is 1. The van der Waals surface area contributed by atoms with Crippen LogP contribution in [-0.2, 0) is 7.05 Å². The smallest absolute Gasteiger partial charge is 0.337 e. The first-order chi connectivity index (χ1) is 15.0. The number of carbonyl (C=O) groups is 1. The summed E-state index contributed by atoms with van der Waals surface area (Å²) in [6.45, 7) is 3.22. The number of fused-ring (bicyclic) bond motifs is 1. The lowest BCUT2D eigenvalue weighted by molar-refractivity contribution is 0.0706. The molecule has 158 valence electrons. The molecule has 1 saturated heterocycles. The fraction of sp³-hybridized carbons (Fsp3) is 0.304. The van der Waals surface area contributed by atoms with Crippen LogP contribution >= 0.6 is 0 Å². The quantitative estimate of drug-likeness (QED) is 0.556. The van der Waals surface area contributed by atoms with Crippen LogP contribution in [-0.4, -0.2) is 48.4 Å². The van der Waals surface area contributed by atoms with E-state index < -0.39 is 0 Å². The normalized spacial score (nSPS) is 15.0. The molecule has 0 atom stereocenters. The third-order valence-electron chi connectivity index (χ3n) is 6.10. The van der Waals surface area contributed by atoms with Gasteiger partial charge in [-0.25, -0.2) is 14.5 Å². The van der Waals surface area contributed by atoms with Gasteiger partial charge in [-0.05, 0) is 38.0 Å². The third kappa shape index (κ3) is 3.34. The number of H-pyrrole nitrogens is 1. The van der Waals surface area contributed by atoms with Crippen molar-refractivity contribution in [1.82, 2.24) is 29.4 Å². The minimum absolute atomic E-state index is 0.0480. The second-order valence-corrected chi connectivity index (χ2v) is 8.11. The molecule has 2 aromatic carbocycles. The van der Waals surface area contributed by atoms with E-state index in [4.69, 9.17) is 0 Å². The van der Waals surface area contributed by atoms with E-state index in [0.29, 0.717) is 18.8 Å². The third-order valence-corrected chi connectivity index (χ3v) is 6.10. The van der Waals surface area contributed by atoms with E-state index in [2.05, 4.69) is 15.3 Å². The Labute approximate surface area is 179 Å². The monoisotopic (exact) mass is 416 g/mol. The van der Waals surface area contributed by atoms with Crippen molar-refractivity contribution < 1.29 is 4.79 Å². The maximum atomic E-state index is 13.2. The molecule has 8 heteroatoms. The lowest BCUT2D eigenvalue weighted by atomic mass is 9.95. The Kier molecular flexibility index (Phi) is 4.69. The number of likely N-dealkylation sites (tertiary alicyclic amines) is 1. The standard InChI is InChI=1S/C23H24N6O2/c1-15-7-9-17(10-8-15)29-21(24-25-23(29)31)16-11-13-28(14-12-16)22(30)20-18-5-3-4-6-19(18)27(2)26-20/h3-10,16H,11-14H2,1-2H3,(H,25,31). The van der Waals surface area contributed by atoms with Gasteiger partial charge in [0.25, 0.3) is 5.91 Å². The average Bonchev–Trinajstić information content (AvgIpc) is 3.34. The van der Waals surface area contributed by atoms with Gasteiger partial charge in [-0.3, -0.25) is 9.48 Å². The highest BCUT2D eigenvalue weighted by molar-refractivity contribution is 6.04. The molecule has 8 nitrogen and oxygen atoms in total. The maximum Gasteiger partial charge on any atom is 0.347 e.